The molecule has 0 radical (unpaired) electrons. The number of rotatable bonds is 10. The number of methoxy groups -OCH3 is 1. The van der Waals surface area contributed by atoms with E-state index in [-0.39, 0.29) is 18.7 Å². The fourth-order valence-electron chi connectivity index (χ4n) is 4.38. The first-order valence-corrected chi connectivity index (χ1v) is 13.5. The number of alkyl carbamates (subject to hydrolysis) is 1. The van der Waals surface area contributed by atoms with Gasteiger partial charge in [-0.1, -0.05) is 42.0 Å². The van der Waals surface area contributed by atoms with E-state index in [0.29, 0.717) is 22.6 Å². The summed E-state index contributed by atoms with van der Waals surface area (Å²) in [6.45, 7) is 9.09. The fourth-order valence-corrected chi connectivity index (χ4v) is 4.38. The summed E-state index contributed by atoms with van der Waals surface area (Å²) >= 11 is 0. The van der Waals surface area contributed by atoms with Crippen molar-refractivity contribution in [2.75, 3.05) is 19.0 Å². The summed E-state index contributed by atoms with van der Waals surface area (Å²) < 4.78 is 10.7. The normalized spacial score (nSPS) is 12.5. The third kappa shape index (κ3) is 8.99. The Morgan fingerprint density at radius 2 is 1.63 bits per heavy atom. The number of ether oxygens (including phenoxy) is 2. The number of hydrogen-bond acceptors (Lipinski definition) is 6. The number of aryl methyl sites for hydroxylation is 1. The summed E-state index contributed by atoms with van der Waals surface area (Å²) in [5.74, 6) is -0.130. The molecule has 0 aliphatic carbocycles. The molecule has 3 rings (SSSR count). The zero-order valence-electron chi connectivity index (χ0n) is 24.4. The van der Waals surface area contributed by atoms with Crippen molar-refractivity contribution >= 4 is 23.6 Å². The number of carbonyl (C=O) groups is 3. The van der Waals surface area contributed by atoms with Crippen LogP contribution in [0.3, 0.4) is 0 Å². The van der Waals surface area contributed by atoms with Gasteiger partial charge in [0.25, 0.3) is 5.91 Å². The number of benzene rings is 3. The predicted molar refractivity (Wildman–Crippen MR) is 158 cm³/mol. The molecule has 0 aromatic heterocycles. The van der Waals surface area contributed by atoms with Crippen molar-refractivity contribution in [2.45, 2.75) is 58.7 Å². The molecule has 2 unspecified atom stereocenters. The van der Waals surface area contributed by atoms with Crippen LogP contribution in [-0.2, 0) is 20.7 Å². The van der Waals surface area contributed by atoms with Crippen LogP contribution in [0.5, 0.6) is 11.5 Å². The van der Waals surface area contributed by atoms with Crippen molar-refractivity contribution in [3.63, 3.8) is 0 Å². The molecule has 0 aliphatic heterocycles. The maximum Gasteiger partial charge on any atom is 0.408 e. The Labute approximate surface area is 241 Å². The van der Waals surface area contributed by atoms with Crippen LogP contribution >= 0.6 is 0 Å². The highest BCUT2D eigenvalue weighted by atomic mass is 16.6. The zero-order chi connectivity index (χ0) is 30.2. The SMILES string of the molecule is CCN(C(=O)C(Cc1ccc(O)cc1)NC(=O)OC(C)(C)C)C(C(=O)Nc1ccc(OC)cc1)c1cccc(C)c1. The third-order valence-electron chi connectivity index (χ3n) is 6.26. The molecule has 0 spiro atoms. The average Bonchev–Trinajstić information content (AvgIpc) is 2.91. The molecule has 2 atom stereocenters. The summed E-state index contributed by atoms with van der Waals surface area (Å²) in [5, 5.41) is 15.3. The zero-order valence-corrected chi connectivity index (χ0v) is 24.4. The number of hydrogen-bond donors (Lipinski definition) is 3. The van der Waals surface area contributed by atoms with E-state index in [1.54, 1.807) is 77.3 Å². The number of phenolic OH excluding ortho intramolecular Hbond substituents is 1. The fraction of sp³-hybridized carbons (Fsp3) is 0.344. The second kappa shape index (κ2) is 13.7. The monoisotopic (exact) mass is 561 g/mol. The van der Waals surface area contributed by atoms with Crippen molar-refractivity contribution in [3.8, 4) is 11.5 Å². The van der Waals surface area contributed by atoms with E-state index in [0.717, 1.165) is 5.56 Å². The summed E-state index contributed by atoms with van der Waals surface area (Å²) in [6, 6.07) is 18.7. The average molecular weight is 562 g/mol. The van der Waals surface area contributed by atoms with Gasteiger partial charge in [-0.2, -0.15) is 0 Å². The Hall–Kier alpha value is -4.53. The lowest BCUT2D eigenvalue weighted by molar-refractivity contribution is -0.140. The smallest absolute Gasteiger partial charge is 0.408 e. The van der Waals surface area contributed by atoms with Crippen molar-refractivity contribution in [3.05, 3.63) is 89.5 Å². The molecule has 0 aliphatic rings. The second-order valence-electron chi connectivity index (χ2n) is 10.7. The molecule has 41 heavy (non-hydrogen) atoms. The van der Waals surface area contributed by atoms with Crippen LogP contribution in [0.1, 0.15) is 50.4 Å². The Balaban J connectivity index is 1.99. The Morgan fingerprint density at radius 3 is 2.20 bits per heavy atom. The lowest BCUT2D eigenvalue weighted by Crippen LogP contribution is -2.53. The van der Waals surface area contributed by atoms with Gasteiger partial charge >= 0.3 is 6.09 Å². The number of likely N-dealkylation sites (N-methyl/N-ethyl adjacent to an activating group) is 1. The molecule has 9 nitrogen and oxygen atoms in total. The summed E-state index contributed by atoms with van der Waals surface area (Å²) in [7, 11) is 1.56. The van der Waals surface area contributed by atoms with Crippen LogP contribution in [0.25, 0.3) is 0 Å². The first-order chi connectivity index (χ1) is 19.4. The minimum Gasteiger partial charge on any atom is -0.508 e. The topological polar surface area (TPSA) is 117 Å². The van der Waals surface area contributed by atoms with Crippen molar-refractivity contribution in [2.24, 2.45) is 0 Å². The molecule has 3 aromatic carbocycles. The Kier molecular flexibility index (Phi) is 10.4. The maximum atomic E-state index is 14.2. The van der Waals surface area contributed by atoms with Crippen molar-refractivity contribution in [1.82, 2.24) is 10.2 Å². The van der Waals surface area contributed by atoms with Gasteiger partial charge < -0.3 is 30.1 Å². The van der Waals surface area contributed by atoms with Gasteiger partial charge in [0.2, 0.25) is 5.91 Å². The maximum absolute atomic E-state index is 14.2. The minimum atomic E-state index is -1.05. The summed E-state index contributed by atoms with van der Waals surface area (Å²) in [4.78, 5) is 42.3. The number of nitrogens with one attached hydrogen (secondary N) is 2. The van der Waals surface area contributed by atoms with Crippen LogP contribution in [0.4, 0.5) is 10.5 Å². The molecule has 0 heterocycles. The molecule has 3 aromatic rings. The first kappa shape index (κ1) is 31.0. The standard InChI is InChI=1S/C32H39N3O6/c1-7-35(30(38)27(34-31(39)41-32(3,4)5)20-22-11-15-25(36)16-12-22)28(23-10-8-9-21(2)19-23)29(37)33-24-13-17-26(40-6)18-14-24/h8-19,27-28,36H,7,20H2,1-6H3,(H,33,37)(H,34,39). The van der Waals surface area contributed by atoms with Crippen molar-refractivity contribution < 1.29 is 29.0 Å². The highest BCUT2D eigenvalue weighted by Gasteiger charge is 2.35. The van der Waals surface area contributed by atoms with E-state index in [1.165, 1.54) is 17.0 Å². The van der Waals surface area contributed by atoms with Gasteiger partial charge in [-0.3, -0.25) is 9.59 Å². The Morgan fingerprint density at radius 1 is 0.976 bits per heavy atom. The Bertz CT molecular complexity index is 1330. The largest absolute Gasteiger partial charge is 0.508 e. The molecule has 9 heteroatoms. The molecule has 0 saturated carbocycles. The van der Waals surface area contributed by atoms with Crippen LogP contribution in [0, 0.1) is 6.92 Å². The number of amides is 3. The van der Waals surface area contributed by atoms with Gasteiger partial charge in [0, 0.05) is 18.7 Å². The minimum absolute atomic E-state index is 0.0848. The lowest BCUT2D eigenvalue weighted by Gasteiger charge is -2.34. The van der Waals surface area contributed by atoms with E-state index >= 15 is 0 Å². The van der Waals surface area contributed by atoms with Crippen LogP contribution in [-0.4, -0.2) is 53.2 Å². The molecule has 3 N–H and O–H groups in total. The summed E-state index contributed by atoms with van der Waals surface area (Å²) in [5.41, 5.74) is 2.04. The summed E-state index contributed by atoms with van der Waals surface area (Å²) in [6.07, 6.45) is -0.629. The van der Waals surface area contributed by atoms with E-state index in [2.05, 4.69) is 10.6 Å². The number of phenols is 1. The molecular weight excluding hydrogens is 522 g/mol. The van der Waals surface area contributed by atoms with Gasteiger partial charge in [0.1, 0.15) is 29.2 Å². The van der Waals surface area contributed by atoms with Gasteiger partial charge in [-0.25, -0.2) is 4.79 Å². The van der Waals surface area contributed by atoms with Crippen molar-refractivity contribution in [1.29, 1.82) is 0 Å². The number of aromatic hydroxyl groups is 1. The number of carbonyl (C=O) groups excluding carboxylic acids is 3. The van der Waals surface area contributed by atoms with E-state index in [9.17, 15) is 19.5 Å². The molecule has 0 saturated heterocycles. The van der Waals surface area contributed by atoms with Crippen LogP contribution < -0.4 is 15.4 Å². The number of nitrogens with zero attached hydrogens (tertiary/aromatic N) is 1. The molecule has 0 bridgehead atoms. The van der Waals surface area contributed by atoms with Crippen LogP contribution in [0.15, 0.2) is 72.8 Å². The van der Waals surface area contributed by atoms with Gasteiger partial charge in [-0.15, -0.1) is 0 Å². The van der Waals surface area contributed by atoms with Crippen LogP contribution in [0.2, 0.25) is 0 Å². The lowest BCUT2D eigenvalue weighted by atomic mass is 9.99. The highest BCUT2D eigenvalue weighted by Crippen LogP contribution is 2.26. The first-order valence-electron chi connectivity index (χ1n) is 13.5. The number of anilines is 1. The van der Waals surface area contributed by atoms with Gasteiger partial charge in [-0.05, 0) is 82.1 Å². The van der Waals surface area contributed by atoms with E-state index in [1.807, 2.05) is 25.1 Å². The van der Waals surface area contributed by atoms with E-state index in [4.69, 9.17) is 9.47 Å². The highest BCUT2D eigenvalue weighted by molar-refractivity contribution is 5.99. The van der Waals surface area contributed by atoms with E-state index < -0.39 is 35.6 Å². The molecule has 3 amide bonds. The third-order valence-corrected chi connectivity index (χ3v) is 6.26. The van der Waals surface area contributed by atoms with Gasteiger partial charge in [0.15, 0.2) is 0 Å². The molecular formula is C32H39N3O6. The quantitative estimate of drug-likeness (QED) is 0.306. The van der Waals surface area contributed by atoms with Gasteiger partial charge in [0.05, 0.1) is 7.11 Å². The second-order valence-corrected chi connectivity index (χ2v) is 10.7. The predicted octanol–water partition coefficient (Wildman–Crippen LogP) is 5.37. The molecule has 218 valence electrons. The molecule has 0 fully saturated rings.